The summed E-state index contributed by atoms with van der Waals surface area (Å²) in [6.45, 7) is 8.68. The summed E-state index contributed by atoms with van der Waals surface area (Å²) in [6.07, 6.45) is 0. The van der Waals surface area contributed by atoms with Crippen molar-refractivity contribution in [3.8, 4) is 0 Å². The molecule has 3 nitrogen and oxygen atoms in total. The minimum absolute atomic E-state index is 0.858. The second-order valence-corrected chi connectivity index (χ2v) is 8.33. The molecule has 0 spiro atoms. The molecule has 0 atom stereocenters. The Balaban J connectivity index is 1.18. The monoisotopic (exact) mass is 391 g/mol. The molecule has 3 aromatic rings. The average Bonchev–Trinajstić information content (AvgIpc) is 2.74. The van der Waals surface area contributed by atoms with E-state index in [1.165, 1.54) is 27.6 Å². The summed E-state index contributed by atoms with van der Waals surface area (Å²) >= 11 is 6.37. The highest BCUT2D eigenvalue weighted by Crippen LogP contribution is 2.30. The van der Waals surface area contributed by atoms with E-state index >= 15 is 0 Å². The largest absolute Gasteiger partial charge is 0.368 e. The van der Waals surface area contributed by atoms with Gasteiger partial charge < -0.3 is 4.90 Å². The molecule has 0 aliphatic carbocycles. The molecular weight excluding hydrogens is 366 g/mol. The van der Waals surface area contributed by atoms with Crippen LogP contribution in [0.3, 0.4) is 0 Å². The number of halogens is 1. The van der Waals surface area contributed by atoms with Crippen LogP contribution < -0.4 is 4.90 Å². The Bertz CT molecular complexity index is 938. The van der Waals surface area contributed by atoms with Crippen molar-refractivity contribution in [2.45, 2.75) is 13.1 Å². The number of anilines is 1. The van der Waals surface area contributed by atoms with Crippen molar-refractivity contribution in [1.29, 1.82) is 0 Å². The molecular formula is C24H26ClN3. The van der Waals surface area contributed by atoms with E-state index < -0.39 is 0 Å². The lowest BCUT2D eigenvalue weighted by atomic mass is 9.95. The van der Waals surface area contributed by atoms with Gasteiger partial charge in [-0.1, -0.05) is 60.1 Å². The van der Waals surface area contributed by atoms with Crippen LogP contribution in [0.15, 0.2) is 60.7 Å². The van der Waals surface area contributed by atoms with E-state index in [1.807, 2.05) is 12.1 Å². The van der Waals surface area contributed by atoms with Gasteiger partial charge in [0.1, 0.15) is 0 Å². The predicted molar refractivity (Wildman–Crippen MR) is 118 cm³/mol. The summed E-state index contributed by atoms with van der Waals surface area (Å²) in [5.74, 6) is 0. The molecule has 1 saturated heterocycles. The lowest BCUT2D eigenvalue weighted by molar-refractivity contribution is 0.185. The zero-order chi connectivity index (χ0) is 18.9. The molecule has 0 aromatic heterocycles. The van der Waals surface area contributed by atoms with Crippen LogP contribution in [0, 0.1) is 0 Å². The van der Waals surface area contributed by atoms with Gasteiger partial charge in [0.2, 0.25) is 0 Å². The Morgan fingerprint density at radius 3 is 2.00 bits per heavy atom. The van der Waals surface area contributed by atoms with Crippen molar-refractivity contribution in [2.75, 3.05) is 44.2 Å². The number of para-hydroxylation sites is 1. The Morgan fingerprint density at radius 2 is 1.32 bits per heavy atom. The molecule has 5 rings (SSSR count). The molecule has 2 aliphatic heterocycles. The van der Waals surface area contributed by atoms with Gasteiger partial charge in [-0.25, -0.2) is 0 Å². The number of piperazine rings is 1. The van der Waals surface area contributed by atoms with Gasteiger partial charge in [-0.3, -0.25) is 9.80 Å². The first-order valence-corrected chi connectivity index (χ1v) is 10.6. The minimum atomic E-state index is 0.858. The van der Waals surface area contributed by atoms with Crippen molar-refractivity contribution in [3.63, 3.8) is 0 Å². The van der Waals surface area contributed by atoms with Crippen molar-refractivity contribution in [3.05, 3.63) is 76.8 Å². The van der Waals surface area contributed by atoms with Gasteiger partial charge in [0, 0.05) is 52.4 Å². The van der Waals surface area contributed by atoms with E-state index in [1.54, 1.807) is 0 Å². The maximum absolute atomic E-state index is 6.37. The summed E-state index contributed by atoms with van der Waals surface area (Å²) < 4.78 is 0. The van der Waals surface area contributed by atoms with Crippen LogP contribution in [0.4, 0.5) is 5.69 Å². The van der Waals surface area contributed by atoms with Crippen molar-refractivity contribution in [2.24, 2.45) is 0 Å². The van der Waals surface area contributed by atoms with Gasteiger partial charge in [-0.2, -0.15) is 0 Å². The highest BCUT2D eigenvalue weighted by Gasteiger charge is 2.21. The second-order valence-electron chi connectivity index (χ2n) is 7.92. The smallest absolute Gasteiger partial charge is 0.0639 e. The van der Waals surface area contributed by atoms with Crippen LogP contribution in [0.2, 0.25) is 5.02 Å². The Morgan fingerprint density at radius 1 is 0.679 bits per heavy atom. The molecule has 0 radical (unpaired) electrons. The van der Waals surface area contributed by atoms with Crippen molar-refractivity contribution in [1.82, 2.24) is 9.80 Å². The molecule has 0 bridgehead atoms. The van der Waals surface area contributed by atoms with Gasteiger partial charge in [-0.15, -0.1) is 0 Å². The fraction of sp³-hybridized carbons (Fsp3) is 0.333. The summed E-state index contributed by atoms with van der Waals surface area (Å²) in [7, 11) is 0. The number of rotatable bonds is 4. The first-order valence-electron chi connectivity index (χ1n) is 10.2. The van der Waals surface area contributed by atoms with Crippen LogP contribution in [0.1, 0.15) is 11.1 Å². The van der Waals surface area contributed by atoms with Gasteiger partial charge in [-0.05, 0) is 34.0 Å². The third-order valence-electron chi connectivity index (χ3n) is 6.16. The lowest BCUT2D eigenvalue weighted by Crippen LogP contribution is -2.48. The molecule has 144 valence electrons. The summed E-state index contributed by atoms with van der Waals surface area (Å²) in [4.78, 5) is 7.60. The van der Waals surface area contributed by atoms with E-state index in [4.69, 9.17) is 11.6 Å². The zero-order valence-corrected chi connectivity index (χ0v) is 16.9. The Labute approximate surface area is 172 Å². The van der Waals surface area contributed by atoms with Crippen molar-refractivity contribution >= 4 is 28.1 Å². The molecule has 0 amide bonds. The molecule has 0 saturated carbocycles. The molecule has 0 unspecified atom stereocenters. The molecule has 3 aromatic carbocycles. The molecule has 0 N–H and O–H groups in total. The van der Waals surface area contributed by atoms with E-state index in [-0.39, 0.29) is 0 Å². The van der Waals surface area contributed by atoms with Crippen molar-refractivity contribution < 1.29 is 0 Å². The number of nitrogens with zero attached hydrogens (tertiary/aromatic N) is 3. The van der Waals surface area contributed by atoms with Gasteiger partial charge in [0.05, 0.1) is 10.7 Å². The first kappa shape index (κ1) is 18.0. The third-order valence-corrected chi connectivity index (χ3v) is 6.48. The fourth-order valence-electron chi connectivity index (χ4n) is 4.66. The average molecular weight is 392 g/mol. The Kier molecular flexibility index (Phi) is 4.98. The summed E-state index contributed by atoms with van der Waals surface area (Å²) in [5.41, 5.74) is 4.12. The summed E-state index contributed by atoms with van der Waals surface area (Å²) in [5, 5.41) is 3.72. The van der Waals surface area contributed by atoms with Gasteiger partial charge >= 0.3 is 0 Å². The van der Waals surface area contributed by atoms with Crippen LogP contribution in [-0.4, -0.2) is 49.1 Å². The predicted octanol–water partition coefficient (Wildman–Crippen LogP) is 4.63. The van der Waals surface area contributed by atoms with E-state index in [0.29, 0.717) is 0 Å². The number of hydrogen-bond donors (Lipinski definition) is 0. The minimum Gasteiger partial charge on any atom is -0.368 e. The van der Waals surface area contributed by atoms with E-state index in [9.17, 15) is 0 Å². The Hall–Kier alpha value is -2.07. The molecule has 1 fully saturated rings. The van der Waals surface area contributed by atoms with Gasteiger partial charge in [0.25, 0.3) is 0 Å². The zero-order valence-electron chi connectivity index (χ0n) is 16.1. The molecule has 28 heavy (non-hydrogen) atoms. The number of benzene rings is 3. The normalized spacial score (nSPS) is 18.0. The fourth-order valence-corrected chi connectivity index (χ4v) is 4.92. The van der Waals surface area contributed by atoms with E-state index in [0.717, 1.165) is 57.4 Å². The molecule has 4 heteroatoms. The van der Waals surface area contributed by atoms with Crippen LogP contribution >= 0.6 is 11.6 Å². The highest BCUT2D eigenvalue weighted by atomic mass is 35.5. The quantitative estimate of drug-likeness (QED) is 0.642. The number of hydrogen-bond acceptors (Lipinski definition) is 3. The van der Waals surface area contributed by atoms with Gasteiger partial charge in [0.15, 0.2) is 0 Å². The lowest BCUT2D eigenvalue weighted by Gasteiger charge is -2.38. The topological polar surface area (TPSA) is 9.72 Å². The first-order chi connectivity index (χ1) is 13.8. The SMILES string of the molecule is Clc1ccccc1N1CCN(CCN2Cc3cccc4cccc(c34)C2)CC1. The van der Waals surface area contributed by atoms with E-state index in [2.05, 4.69) is 63.2 Å². The maximum Gasteiger partial charge on any atom is 0.0639 e. The van der Waals surface area contributed by atoms with Crippen LogP contribution in [0.5, 0.6) is 0 Å². The molecule has 2 aliphatic rings. The summed E-state index contributed by atoms with van der Waals surface area (Å²) in [6, 6.07) is 21.6. The standard InChI is InChI=1S/C24H26ClN3/c25-22-9-1-2-10-23(22)28-15-13-26(14-16-28)11-12-27-17-20-7-3-5-19-6-4-8-21(18-27)24(19)20/h1-10H,11-18H2. The van der Waals surface area contributed by atoms with Crippen LogP contribution in [0.25, 0.3) is 10.8 Å². The van der Waals surface area contributed by atoms with Crippen LogP contribution in [-0.2, 0) is 13.1 Å². The highest BCUT2D eigenvalue weighted by molar-refractivity contribution is 6.33. The maximum atomic E-state index is 6.37. The second kappa shape index (κ2) is 7.75. The molecule has 2 heterocycles. The third kappa shape index (κ3) is 3.50.